The zero-order chi connectivity index (χ0) is 25.2. The molecule has 0 saturated carbocycles. The minimum Gasteiger partial charge on any atom is -0.457 e. The second-order valence-corrected chi connectivity index (χ2v) is 8.40. The van der Waals surface area contributed by atoms with Crippen molar-refractivity contribution in [2.24, 2.45) is 0 Å². The molecule has 6 nitrogen and oxygen atoms in total. The lowest BCUT2D eigenvalue weighted by Crippen LogP contribution is -2.36. The van der Waals surface area contributed by atoms with Crippen LogP contribution in [0.1, 0.15) is 27.9 Å². The van der Waals surface area contributed by atoms with Crippen molar-refractivity contribution >= 4 is 17.7 Å². The molecule has 0 bridgehead atoms. The fourth-order valence-electron chi connectivity index (χ4n) is 3.38. The molecule has 35 heavy (non-hydrogen) atoms. The van der Waals surface area contributed by atoms with Crippen LogP contribution in [0.15, 0.2) is 72.8 Å². The molecule has 3 aromatic carbocycles. The van der Waals surface area contributed by atoms with Crippen LogP contribution in [-0.2, 0) is 17.9 Å². The molecule has 0 spiro atoms. The van der Waals surface area contributed by atoms with E-state index in [1.54, 1.807) is 29.2 Å². The van der Waals surface area contributed by atoms with Gasteiger partial charge in [-0.3, -0.25) is 0 Å². The lowest BCUT2D eigenvalue weighted by Gasteiger charge is -2.24. The number of carbonyl (C=O) groups excluding carboxylic acids is 2. The highest BCUT2D eigenvalue weighted by Crippen LogP contribution is 2.16. The number of anilines is 1. The quantitative estimate of drug-likeness (QED) is 0.399. The van der Waals surface area contributed by atoms with Crippen LogP contribution in [0.4, 0.5) is 19.3 Å². The van der Waals surface area contributed by atoms with Gasteiger partial charge in [-0.05, 0) is 62.5 Å². The standard InChI is InChI=1S/C27H29F2N3O3/c1-31(2)15-6-16-32(27(34)30-23-13-14-24(28)25(29)17-23)18-20-9-11-22(12-10-20)26(33)35-19-21-7-4-3-5-8-21/h3-5,7-14,17H,6,15-16,18-19H2,1-2H3,(H,30,34). The first-order valence-corrected chi connectivity index (χ1v) is 11.3. The van der Waals surface area contributed by atoms with Crippen LogP contribution < -0.4 is 5.32 Å². The highest BCUT2D eigenvalue weighted by molar-refractivity contribution is 5.90. The highest BCUT2D eigenvalue weighted by Gasteiger charge is 2.16. The average molecular weight is 482 g/mol. The van der Waals surface area contributed by atoms with E-state index in [0.29, 0.717) is 12.1 Å². The lowest BCUT2D eigenvalue weighted by atomic mass is 10.1. The van der Waals surface area contributed by atoms with E-state index in [0.717, 1.165) is 36.2 Å². The summed E-state index contributed by atoms with van der Waals surface area (Å²) in [7, 11) is 3.89. The topological polar surface area (TPSA) is 61.9 Å². The molecule has 0 radical (unpaired) electrons. The minimum atomic E-state index is -1.03. The summed E-state index contributed by atoms with van der Waals surface area (Å²) in [5, 5.41) is 2.62. The second-order valence-electron chi connectivity index (χ2n) is 8.40. The number of amides is 2. The molecule has 0 aliphatic rings. The van der Waals surface area contributed by atoms with E-state index in [1.165, 1.54) is 6.07 Å². The molecule has 3 aromatic rings. The third kappa shape index (κ3) is 8.19. The van der Waals surface area contributed by atoms with Crippen LogP contribution in [0.2, 0.25) is 0 Å². The number of nitrogens with one attached hydrogen (secondary N) is 1. The molecule has 0 aliphatic heterocycles. The molecular formula is C27H29F2N3O3. The Hall–Kier alpha value is -3.78. The SMILES string of the molecule is CN(C)CCCN(Cc1ccc(C(=O)OCc2ccccc2)cc1)C(=O)Nc1ccc(F)c(F)c1. The summed E-state index contributed by atoms with van der Waals surface area (Å²) in [6, 6.07) is 19.1. The molecule has 0 saturated heterocycles. The van der Waals surface area contributed by atoms with Crippen LogP contribution in [0.5, 0.6) is 0 Å². The highest BCUT2D eigenvalue weighted by atomic mass is 19.2. The smallest absolute Gasteiger partial charge is 0.338 e. The predicted molar refractivity (Wildman–Crippen MR) is 131 cm³/mol. The van der Waals surface area contributed by atoms with E-state index >= 15 is 0 Å². The fourth-order valence-corrected chi connectivity index (χ4v) is 3.38. The summed E-state index contributed by atoms with van der Waals surface area (Å²) in [5.74, 6) is -2.44. The largest absolute Gasteiger partial charge is 0.457 e. The fraction of sp³-hybridized carbons (Fsp3) is 0.259. The number of benzene rings is 3. The lowest BCUT2D eigenvalue weighted by molar-refractivity contribution is 0.0472. The van der Waals surface area contributed by atoms with Gasteiger partial charge in [0.1, 0.15) is 6.61 Å². The number of rotatable bonds is 10. The van der Waals surface area contributed by atoms with E-state index in [-0.39, 0.29) is 18.8 Å². The third-order valence-electron chi connectivity index (χ3n) is 5.27. The van der Waals surface area contributed by atoms with Crippen molar-refractivity contribution in [2.75, 3.05) is 32.5 Å². The van der Waals surface area contributed by atoms with Gasteiger partial charge in [0.05, 0.1) is 5.56 Å². The molecule has 184 valence electrons. The Morgan fingerprint density at radius 2 is 1.57 bits per heavy atom. The second kappa shape index (κ2) is 12.6. The van der Waals surface area contributed by atoms with Gasteiger partial charge >= 0.3 is 12.0 Å². The van der Waals surface area contributed by atoms with Gasteiger partial charge in [-0.2, -0.15) is 0 Å². The van der Waals surface area contributed by atoms with Crippen LogP contribution in [0, 0.1) is 11.6 Å². The summed E-state index contributed by atoms with van der Waals surface area (Å²) in [5.41, 5.74) is 2.30. The van der Waals surface area contributed by atoms with Gasteiger partial charge in [0.15, 0.2) is 11.6 Å². The summed E-state index contributed by atoms with van der Waals surface area (Å²) in [4.78, 5) is 28.9. The van der Waals surface area contributed by atoms with Gasteiger partial charge in [-0.15, -0.1) is 0 Å². The normalized spacial score (nSPS) is 10.8. The van der Waals surface area contributed by atoms with Crippen molar-refractivity contribution in [3.8, 4) is 0 Å². The van der Waals surface area contributed by atoms with E-state index in [1.807, 2.05) is 49.3 Å². The number of halogens is 2. The first-order chi connectivity index (χ1) is 16.8. The summed E-state index contributed by atoms with van der Waals surface area (Å²) in [6.07, 6.45) is 0.724. The van der Waals surface area contributed by atoms with Crippen LogP contribution in [-0.4, -0.2) is 49.0 Å². The van der Waals surface area contributed by atoms with E-state index < -0.39 is 23.6 Å². The van der Waals surface area contributed by atoms with Gasteiger partial charge < -0.3 is 19.9 Å². The van der Waals surface area contributed by atoms with Crippen molar-refractivity contribution in [3.63, 3.8) is 0 Å². The molecule has 0 unspecified atom stereocenters. The molecule has 0 aliphatic carbocycles. The number of carbonyl (C=O) groups is 2. The summed E-state index contributed by atoms with van der Waals surface area (Å²) in [6.45, 7) is 1.70. The first-order valence-electron chi connectivity index (χ1n) is 11.3. The van der Waals surface area contributed by atoms with E-state index in [9.17, 15) is 18.4 Å². The van der Waals surface area contributed by atoms with Crippen LogP contribution in [0.25, 0.3) is 0 Å². The Kier molecular flexibility index (Phi) is 9.31. The number of esters is 1. The molecule has 0 atom stereocenters. The number of hydrogen-bond acceptors (Lipinski definition) is 4. The Bertz CT molecular complexity index is 1120. The Morgan fingerprint density at radius 3 is 2.23 bits per heavy atom. The van der Waals surface area contributed by atoms with Gasteiger partial charge in [0, 0.05) is 24.8 Å². The van der Waals surface area contributed by atoms with Gasteiger partial charge in [0.2, 0.25) is 0 Å². The summed E-state index contributed by atoms with van der Waals surface area (Å²) >= 11 is 0. The number of nitrogens with zero attached hydrogens (tertiary/aromatic N) is 2. The zero-order valence-electron chi connectivity index (χ0n) is 19.8. The van der Waals surface area contributed by atoms with Crippen molar-refractivity contribution in [1.82, 2.24) is 9.80 Å². The predicted octanol–water partition coefficient (Wildman–Crippen LogP) is 5.31. The molecule has 0 fully saturated rings. The molecule has 2 amide bonds. The molecule has 0 heterocycles. The maximum absolute atomic E-state index is 13.5. The van der Waals surface area contributed by atoms with E-state index in [4.69, 9.17) is 4.74 Å². The minimum absolute atomic E-state index is 0.169. The van der Waals surface area contributed by atoms with Gasteiger partial charge in [-0.1, -0.05) is 42.5 Å². The molecular weight excluding hydrogens is 452 g/mol. The molecule has 1 N–H and O–H groups in total. The number of hydrogen-bond donors (Lipinski definition) is 1. The van der Waals surface area contributed by atoms with Crippen molar-refractivity contribution in [2.45, 2.75) is 19.6 Å². The van der Waals surface area contributed by atoms with Gasteiger partial charge in [-0.25, -0.2) is 18.4 Å². The molecule has 8 heteroatoms. The zero-order valence-corrected chi connectivity index (χ0v) is 19.8. The number of urea groups is 1. The maximum atomic E-state index is 13.5. The average Bonchev–Trinajstić information content (AvgIpc) is 2.85. The van der Waals surface area contributed by atoms with Crippen molar-refractivity contribution in [1.29, 1.82) is 0 Å². The number of ether oxygens (including phenoxy) is 1. The Labute approximate surface area is 204 Å². The van der Waals surface area contributed by atoms with Gasteiger partial charge in [0.25, 0.3) is 0 Å². The van der Waals surface area contributed by atoms with Crippen LogP contribution >= 0.6 is 0 Å². The third-order valence-corrected chi connectivity index (χ3v) is 5.27. The molecule has 3 rings (SSSR count). The maximum Gasteiger partial charge on any atom is 0.338 e. The Morgan fingerprint density at radius 1 is 0.857 bits per heavy atom. The Balaban J connectivity index is 1.63. The van der Waals surface area contributed by atoms with Crippen molar-refractivity contribution in [3.05, 3.63) is 101 Å². The van der Waals surface area contributed by atoms with Crippen molar-refractivity contribution < 1.29 is 23.1 Å². The van der Waals surface area contributed by atoms with E-state index in [2.05, 4.69) is 5.32 Å². The first kappa shape index (κ1) is 25.8. The van der Waals surface area contributed by atoms with Crippen LogP contribution in [0.3, 0.4) is 0 Å². The monoisotopic (exact) mass is 481 g/mol. The summed E-state index contributed by atoms with van der Waals surface area (Å²) < 4.78 is 32.1. The molecule has 0 aromatic heterocycles.